The van der Waals surface area contributed by atoms with Crippen molar-refractivity contribution < 1.29 is 0 Å². The van der Waals surface area contributed by atoms with E-state index in [-0.39, 0.29) is 5.56 Å². The summed E-state index contributed by atoms with van der Waals surface area (Å²) in [6, 6.07) is 11.1. The van der Waals surface area contributed by atoms with E-state index in [1.54, 1.807) is 42.9 Å². The summed E-state index contributed by atoms with van der Waals surface area (Å²) in [6.07, 6.45) is 6.97. The van der Waals surface area contributed by atoms with Gasteiger partial charge in [-0.3, -0.25) is 9.78 Å². The van der Waals surface area contributed by atoms with Crippen LogP contribution in [0.25, 0.3) is 16.9 Å². The lowest BCUT2D eigenvalue weighted by Crippen LogP contribution is -2.14. The fraction of sp³-hybridized carbons (Fsp3) is 0.150. The normalized spacial score (nSPS) is 11.2. The number of nitrogens with zero attached hydrogens (tertiary/aromatic N) is 3. The molecule has 0 saturated carbocycles. The minimum absolute atomic E-state index is 0.135. The first-order valence-corrected chi connectivity index (χ1v) is 8.76. The van der Waals surface area contributed by atoms with Gasteiger partial charge in [0.2, 0.25) is 0 Å². The molecular formula is C20H17ClN4O. The third kappa shape index (κ3) is 3.02. The molecular weight excluding hydrogens is 348 g/mol. The maximum atomic E-state index is 12.8. The molecule has 0 spiro atoms. The van der Waals surface area contributed by atoms with E-state index in [9.17, 15) is 4.79 Å². The number of nitrogens with one attached hydrogen (secondary N) is 1. The molecule has 0 unspecified atom stereocenters. The van der Waals surface area contributed by atoms with Crippen LogP contribution in [-0.2, 0) is 12.8 Å². The van der Waals surface area contributed by atoms with Gasteiger partial charge in [-0.25, -0.2) is 0 Å². The molecule has 0 saturated heterocycles. The van der Waals surface area contributed by atoms with Crippen LogP contribution in [0, 0.1) is 6.92 Å². The number of pyridine rings is 2. The van der Waals surface area contributed by atoms with Crippen molar-refractivity contribution in [2.45, 2.75) is 19.8 Å². The molecule has 2 aliphatic heterocycles. The molecule has 130 valence electrons. The molecule has 1 aromatic carbocycles. The van der Waals surface area contributed by atoms with Gasteiger partial charge in [-0.05, 0) is 67.3 Å². The zero-order valence-corrected chi connectivity index (χ0v) is 15.0. The summed E-state index contributed by atoms with van der Waals surface area (Å²) in [5.74, 6) is 0. The summed E-state index contributed by atoms with van der Waals surface area (Å²) < 4.78 is 1.43. The van der Waals surface area contributed by atoms with Crippen molar-refractivity contribution in [3.05, 3.63) is 87.2 Å². The summed E-state index contributed by atoms with van der Waals surface area (Å²) in [7, 11) is 0. The SMILES string of the molecule is Cc1[nH]cc2c(=O)n(-c3ccc(Cl)cc3)nc-2c1CCc1ccncc1. The first-order chi connectivity index (χ1) is 12.6. The van der Waals surface area contributed by atoms with Crippen LogP contribution in [0.2, 0.25) is 5.02 Å². The molecule has 0 radical (unpaired) electrons. The Balaban J connectivity index is 1.76. The number of fused-ring (bicyclic) bond motifs is 1. The van der Waals surface area contributed by atoms with Crippen LogP contribution < -0.4 is 5.56 Å². The zero-order valence-electron chi connectivity index (χ0n) is 14.2. The molecule has 4 rings (SSSR count). The van der Waals surface area contributed by atoms with E-state index in [4.69, 9.17) is 11.6 Å². The Hall–Kier alpha value is -2.92. The van der Waals surface area contributed by atoms with Gasteiger partial charge in [0, 0.05) is 29.3 Å². The molecule has 26 heavy (non-hydrogen) atoms. The number of aromatic amines is 1. The molecule has 0 amide bonds. The first-order valence-electron chi connectivity index (χ1n) is 8.38. The molecule has 0 bridgehead atoms. The average Bonchev–Trinajstić information content (AvgIpc) is 2.99. The van der Waals surface area contributed by atoms with Crippen LogP contribution in [-0.4, -0.2) is 19.7 Å². The Labute approximate surface area is 155 Å². The van der Waals surface area contributed by atoms with Crippen molar-refractivity contribution in [3.8, 4) is 16.9 Å². The first kappa shape index (κ1) is 16.5. The number of aromatic nitrogens is 4. The minimum Gasteiger partial charge on any atom is -0.364 e. The Bertz CT molecular complexity index is 1070. The Kier molecular flexibility index (Phi) is 4.31. The van der Waals surface area contributed by atoms with E-state index < -0.39 is 0 Å². The lowest BCUT2D eigenvalue weighted by molar-refractivity contribution is 0.847. The highest BCUT2D eigenvalue weighted by molar-refractivity contribution is 6.30. The topological polar surface area (TPSA) is 63.6 Å². The van der Waals surface area contributed by atoms with Crippen LogP contribution in [0.3, 0.4) is 0 Å². The quantitative estimate of drug-likeness (QED) is 0.599. The Morgan fingerprint density at radius 2 is 1.81 bits per heavy atom. The van der Waals surface area contributed by atoms with Gasteiger partial charge < -0.3 is 4.98 Å². The van der Waals surface area contributed by atoms with Gasteiger partial charge in [-0.2, -0.15) is 9.78 Å². The van der Waals surface area contributed by atoms with E-state index >= 15 is 0 Å². The number of aryl methyl sites for hydroxylation is 2. The van der Waals surface area contributed by atoms with Gasteiger partial charge in [-0.1, -0.05) is 11.6 Å². The lowest BCUT2D eigenvalue weighted by atomic mass is 9.99. The highest BCUT2D eigenvalue weighted by atomic mass is 35.5. The highest BCUT2D eigenvalue weighted by Crippen LogP contribution is 2.25. The van der Waals surface area contributed by atoms with Crippen LogP contribution in [0.5, 0.6) is 0 Å². The molecule has 0 fully saturated rings. The van der Waals surface area contributed by atoms with Gasteiger partial charge in [0.15, 0.2) is 0 Å². The summed E-state index contributed by atoms with van der Waals surface area (Å²) in [4.78, 5) is 20.0. The van der Waals surface area contributed by atoms with E-state index in [0.29, 0.717) is 16.3 Å². The van der Waals surface area contributed by atoms with Crippen LogP contribution in [0.4, 0.5) is 0 Å². The fourth-order valence-electron chi connectivity index (χ4n) is 3.09. The van der Waals surface area contributed by atoms with Gasteiger partial charge in [-0.15, -0.1) is 0 Å². The van der Waals surface area contributed by atoms with Crippen molar-refractivity contribution in [3.63, 3.8) is 0 Å². The predicted molar refractivity (Wildman–Crippen MR) is 102 cm³/mol. The maximum absolute atomic E-state index is 12.8. The number of hydrogen-bond acceptors (Lipinski definition) is 3. The molecule has 2 aromatic rings. The van der Waals surface area contributed by atoms with Crippen LogP contribution in [0.1, 0.15) is 16.8 Å². The van der Waals surface area contributed by atoms with E-state index in [2.05, 4.69) is 15.1 Å². The molecule has 3 heterocycles. The molecule has 0 atom stereocenters. The standard InChI is InChI=1S/C20H17ClN4O/c1-13-17(7-2-14-8-10-22-11-9-14)19-18(12-23-13)20(26)25(24-19)16-5-3-15(21)4-6-16/h3-6,8-12,23H,2,7H2,1H3. The molecule has 1 N–H and O–H groups in total. The van der Waals surface area contributed by atoms with Crippen molar-refractivity contribution in [2.75, 3.05) is 0 Å². The molecule has 6 heteroatoms. The van der Waals surface area contributed by atoms with Gasteiger partial charge in [0.25, 0.3) is 5.56 Å². The minimum atomic E-state index is -0.135. The van der Waals surface area contributed by atoms with Gasteiger partial charge in [0.05, 0.1) is 11.3 Å². The fourth-order valence-corrected chi connectivity index (χ4v) is 3.22. The van der Waals surface area contributed by atoms with Crippen molar-refractivity contribution in [2.24, 2.45) is 0 Å². The number of hydrogen-bond donors (Lipinski definition) is 1. The summed E-state index contributed by atoms with van der Waals surface area (Å²) >= 11 is 5.95. The second-order valence-electron chi connectivity index (χ2n) is 6.20. The van der Waals surface area contributed by atoms with Crippen LogP contribution >= 0.6 is 11.6 Å². The second-order valence-corrected chi connectivity index (χ2v) is 6.64. The Morgan fingerprint density at radius 3 is 2.54 bits per heavy atom. The van der Waals surface area contributed by atoms with E-state index in [1.165, 1.54) is 10.2 Å². The van der Waals surface area contributed by atoms with Crippen molar-refractivity contribution in [1.82, 2.24) is 19.7 Å². The number of rotatable bonds is 4. The number of H-pyrrole nitrogens is 1. The molecule has 5 nitrogen and oxygen atoms in total. The molecule has 2 aliphatic rings. The van der Waals surface area contributed by atoms with E-state index in [1.807, 2.05) is 19.1 Å². The largest absolute Gasteiger partial charge is 0.364 e. The average molecular weight is 365 g/mol. The summed E-state index contributed by atoms with van der Waals surface area (Å²) in [5, 5.41) is 5.24. The Morgan fingerprint density at radius 1 is 1.08 bits per heavy atom. The van der Waals surface area contributed by atoms with Gasteiger partial charge >= 0.3 is 0 Å². The summed E-state index contributed by atoms with van der Waals surface area (Å²) in [6.45, 7) is 2.01. The molecule has 1 aromatic heterocycles. The monoisotopic (exact) mass is 364 g/mol. The maximum Gasteiger partial charge on any atom is 0.282 e. The van der Waals surface area contributed by atoms with Gasteiger partial charge in [0.1, 0.15) is 5.69 Å². The predicted octanol–water partition coefficient (Wildman–Crippen LogP) is 3.81. The lowest BCUT2D eigenvalue weighted by Gasteiger charge is -2.09. The zero-order chi connectivity index (χ0) is 18.1. The second kappa shape index (κ2) is 6.77. The third-order valence-electron chi connectivity index (χ3n) is 4.53. The van der Waals surface area contributed by atoms with E-state index in [0.717, 1.165) is 29.8 Å². The van der Waals surface area contributed by atoms with Crippen molar-refractivity contribution in [1.29, 1.82) is 0 Å². The summed E-state index contributed by atoms with van der Waals surface area (Å²) in [5.41, 5.74) is 5.19. The smallest absolute Gasteiger partial charge is 0.282 e. The van der Waals surface area contributed by atoms with Crippen molar-refractivity contribution >= 4 is 11.6 Å². The third-order valence-corrected chi connectivity index (χ3v) is 4.79. The highest BCUT2D eigenvalue weighted by Gasteiger charge is 2.21. The number of benzene rings is 1. The number of halogens is 1. The van der Waals surface area contributed by atoms with Crippen LogP contribution in [0.15, 0.2) is 59.8 Å². The molecule has 0 aliphatic carbocycles.